The van der Waals surface area contributed by atoms with Crippen molar-refractivity contribution in [2.24, 2.45) is 0 Å². The molecule has 5 rings (SSSR count). The van der Waals surface area contributed by atoms with Crippen molar-refractivity contribution in [1.82, 2.24) is 9.97 Å². The third-order valence-corrected chi connectivity index (χ3v) is 7.82. The predicted octanol–water partition coefficient (Wildman–Crippen LogP) is 5.61. The second-order valence-electron chi connectivity index (χ2n) is 10.8. The molecule has 1 amide bonds. The number of nitrogens with zero attached hydrogens (tertiary/aromatic N) is 3. The molecule has 3 atom stereocenters. The second kappa shape index (κ2) is 13.4. The minimum Gasteiger partial charge on any atom is -0.492 e. The van der Waals surface area contributed by atoms with Gasteiger partial charge in [0.25, 0.3) is 0 Å². The van der Waals surface area contributed by atoms with Crippen molar-refractivity contribution in [3.8, 4) is 0 Å². The summed E-state index contributed by atoms with van der Waals surface area (Å²) in [4.78, 5) is 25.0. The number of aromatic nitrogens is 2. The number of benzene rings is 1. The summed E-state index contributed by atoms with van der Waals surface area (Å²) in [6.07, 6.45) is 12.4. The van der Waals surface area contributed by atoms with Crippen LogP contribution in [0.3, 0.4) is 0 Å². The zero-order valence-electron chi connectivity index (χ0n) is 23.9. The number of fused-ring (bicyclic) bond motifs is 1. The van der Waals surface area contributed by atoms with Crippen LogP contribution in [0.5, 0.6) is 0 Å². The van der Waals surface area contributed by atoms with Crippen LogP contribution in [0.4, 0.5) is 15.9 Å². The Morgan fingerprint density at radius 3 is 2.93 bits per heavy atom. The van der Waals surface area contributed by atoms with Gasteiger partial charge >= 0.3 is 0 Å². The lowest BCUT2D eigenvalue weighted by Gasteiger charge is -2.28. The standard InChI is InChI=1S/C32H39FN4O4/c1-21-9-6-12-25(39-17-18-41-29-15-4-5-16-40-29)20-27(21)30-35-28-14-8-13-26(28)31(36-30)37(3)22(2)32(38)34-24-11-7-10-23(33)19-24/h6-7,10-12,19-20,22,27,29H,1,4-5,8-9,13-18H2,2-3H3,(H,34,38)/t22-,27?,29?/m1/s1. The van der Waals surface area contributed by atoms with Gasteiger partial charge in [-0.15, -0.1) is 0 Å². The summed E-state index contributed by atoms with van der Waals surface area (Å²) in [5.74, 6) is 1.23. The molecule has 0 radical (unpaired) electrons. The molecular weight excluding hydrogens is 523 g/mol. The fourth-order valence-electron chi connectivity index (χ4n) is 5.36. The maximum atomic E-state index is 13.7. The molecule has 218 valence electrons. The molecule has 0 saturated carbocycles. The summed E-state index contributed by atoms with van der Waals surface area (Å²) >= 11 is 0. The van der Waals surface area contributed by atoms with Crippen LogP contribution in [0, 0.1) is 5.82 Å². The van der Waals surface area contributed by atoms with E-state index in [1.165, 1.54) is 12.1 Å². The number of amides is 1. The number of anilines is 2. The molecule has 2 aliphatic carbocycles. The number of nitrogens with one attached hydrogen (secondary N) is 1. The van der Waals surface area contributed by atoms with Crippen LogP contribution in [-0.2, 0) is 31.8 Å². The molecule has 1 aromatic heterocycles. The highest BCUT2D eigenvalue weighted by Gasteiger charge is 2.29. The van der Waals surface area contributed by atoms with Gasteiger partial charge < -0.3 is 24.4 Å². The highest BCUT2D eigenvalue weighted by atomic mass is 19.1. The minimum atomic E-state index is -0.549. The number of carbonyl (C=O) groups is 1. The largest absolute Gasteiger partial charge is 0.492 e. The van der Waals surface area contributed by atoms with E-state index in [4.69, 9.17) is 24.2 Å². The molecule has 1 aliphatic heterocycles. The van der Waals surface area contributed by atoms with Gasteiger partial charge in [0.15, 0.2) is 6.29 Å². The molecule has 1 fully saturated rings. The van der Waals surface area contributed by atoms with Gasteiger partial charge in [-0.3, -0.25) is 4.79 Å². The SMILES string of the molecule is C=C1CC=CC(OCCOC2CCCCO2)=CC1c1nc2c(c(N(C)[C@H](C)C(=O)Nc3cccc(F)c3)n1)CCC2. The number of hydrogen-bond donors (Lipinski definition) is 1. The molecule has 2 heterocycles. The first-order chi connectivity index (χ1) is 19.9. The van der Waals surface area contributed by atoms with Crippen LogP contribution in [-0.4, -0.2) is 55.1 Å². The van der Waals surface area contributed by atoms with Gasteiger partial charge in [0, 0.05) is 30.6 Å². The van der Waals surface area contributed by atoms with Crippen LogP contribution >= 0.6 is 0 Å². The first-order valence-electron chi connectivity index (χ1n) is 14.5. The topological polar surface area (TPSA) is 85.8 Å². The van der Waals surface area contributed by atoms with Gasteiger partial charge in [0.05, 0.1) is 12.5 Å². The lowest BCUT2D eigenvalue weighted by atomic mass is 9.97. The quantitative estimate of drug-likeness (QED) is 0.298. The number of aryl methyl sites for hydroxylation is 1. The average Bonchev–Trinajstić information content (AvgIpc) is 3.37. The van der Waals surface area contributed by atoms with Gasteiger partial charge in [0.1, 0.15) is 35.9 Å². The van der Waals surface area contributed by atoms with Crippen molar-refractivity contribution in [2.45, 2.75) is 70.1 Å². The van der Waals surface area contributed by atoms with E-state index in [2.05, 4.69) is 11.9 Å². The van der Waals surface area contributed by atoms with Crippen molar-refractivity contribution in [1.29, 1.82) is 0 Å². The smallest absolute Gasteiger partial charge is 0.246 e. The molecule has 3 aliphatic rings. The summed E-state index contributed by atoms with van der Waals surface area (Å²) in [6, 6.07) is 5.34. The number of carbonyl (C=O) groups excluding carboxylic acids is 1. The van der Waals surface area contributed by atoms with E-state index in [9.17, 15) is 9.18 Å². The predicted molar refractivity (Wildman–Crippen MR) is 156 cm³/mol. The molecule has 9 heteroatoms. The molecule has 41 heavy (non-hydrogen) atoms. The van der Waals surface area contributed by atoms with Crippen molar-refractivity contribution >= 4 is 17.4 Å². The van der Waals surface area contributed by atoms with E-state index < -0.39 is 11.9 Å². The molecule has 1 saturated heterocycles. The summed E-state index contributed by atoms with van der Waals surface area (Å²) < 4.78 is 31.2. The Morgan fingerprint density at radius 1 is 1.24 bits per heavy atom. The highest BCUT2D eigenvalue weighted by Crippen LogP contribution is 2.35. The van der Waals surface area contributed by atoms with Crippen LogP contribution in [0.2, 0.25) is 0 Å². The second-order valence-corrected chi connectivity index (χ2v) is 10.8. The fourth-order valence-corrected chi connectivity index (χ4v) is 5.36. The average molecular weight is 563 g/mol. The Morgan fingerprint density at radius 2 is 2.12 bits per heavy atom. The third-order valence-electron chi connectivity index (χ3n) is 7.82. The summed E-state index contributed by atoms with van der Waals surface area (Å²) in [6.45, 7) is 7.75. The van der Waals surface area contributed by atoms with Crippen LogP contribution < -0.4 is 10.2 Å². The van der Waals surface area contributed by atoms with E-state index in [-0.39, 0.29) is 18.1 Å². The van der Waals surface area contributed by atoms with E-state index in [0.717, 1.165) is 73.5 Å². The van der Waals surface area contributed by atoms with E-state index in [0.29, 0.717) is 31.1 Å². The van der Waals surface area contributed by atoms with Crippen molar-refractivity contribution in [2.75, 3.05) is 37.1 Å². The number of allylic oxidation sites excluding steroid dienone is 4. The maximum Gasteiger partial charge on any atom is 0.246 e. The van der Waals surface area contributed by atoms with Gasteiger partial charge in [-0.2, -0.15) is 0 Å². The third kappa shape index (κ3) is 7.21. The number of rotatable bonds is 10. The number of halogens is 1. The molecule has 2 aromatic rings. The van der Waals surface area contributed by atoms with Crippen molar-refractivity contribution < 1.29 is 23.4 Å². The zero-order valence-corrected chi connectivity index (χ0v) is 23.9. The Bertz CT molecular complexity index is 1320. The molecular formula is C32H39FN4O4. The normalized spacial score (nSPS) is 21.0. The minimum absolute atomic E-state index is 0.146. The highest BCUT2D eigenvalue weighted by molar-refractivity contribution is 5.96. The van der Waals surface area contributed by atoms with E-state index >= 15 is 0 Å². The van der Waals surface area contributed by atoms with Gasteiger partial charge in [0.2, 0.25) is 5.91 Å². The number of likely N-dealkylation sites (N-methyl/N-ethyl adjacent to an activating group) is 1. The lowest BCUT2D eigenvalue weighted by Crippen LogP contribution is -2.40. The first-order valence-corrected chi connectivity index (χ1v) is 14.5. The molecule has 0 spiro atoms. The van der Waals surface area contributed by atoms with E-state index in [1.54, 1.807) is 12.1 Å². The summed E-state index contributed by atoms with van der Waals surface area (Å²) in [7, 11) is 1.87. The van der Waals surface area contributed by atoms with Gasteiger partial charge in [-0.05, 0) is 82.2 Å². The summed E-state index contributed by atoms with van der Waals surface area (Å²) in [5, 5.41) is 2.81. The van der Waals surface area contributed by atoms with Crippen molar-refractivity contribution in [3.05, 3.63) is 83.3 Å². The van der Waals surface area contributed by atoms with E-state index in [1.807, 2.05) is 37.1 Å². The summed E-state index contributed by atoms with van der Waals surface area (Å²) in [5.41, 5.74) is 3.47. The van der Waals surface area contributed by atoms with Gasteiger partial charge in [-0.25, -0.2) is 14.4 Å². The van der Waals surface area contributed by atoms with Crippen LogP contribution in [0.1, 0.15) is 62.0 Å². The molecule has 8 nitrogen and oxygen atoms in total. The molecule has 1 aromatic carbocycles. The van der Waals surface area contributed by atoms with Gasteiger partial charge in [-0.1, -0.05) is 24.3 Å². The van der Waals surface area contributed by atoms with Crippen LogP contribution in [0.15, 0.2) is 60.4 Å². The molecule has 0 bridgehead atoms. The molecule has 2 unspecified atom stereocenters. The van der Waals surface area contributed by atoms with Crippen molar-refractivity contribution in [3.63, 3.8) is 0 Å². The maximum absolute atomic E-state index is 13.7. The Labute approximate surface area is 241 Å². The van der Waals surface area contributed by atoms with Crippen LogP contribution in [0.25, 0.3) is 0 Å². The lowest BCUT2D eigenvalue weighted by molar-refractivity contribution is -0.167. The Kier molecular flexibility index (Phi) is 9.46. The fraction of sp³-hybridized carbons (Fsp3) is 0.469. The monoisotopic (exact) mass is 562 g/mol. The first kappa shape index (κ1) is 29.0. The number of hydrogen-bond acceptors (Lipinski definition) is 7. The Hall–Kier alpha value is -3.56. The Balaban J connectivity index is 1.32. The zero-order chi connectivity index (χ0) is 28.8. The molecule has 1 N–H and O–H groups in total. The number of ether oxygens (including phenoxy) is 3.